The first-order valence-corrected chi connectivity index (χ1v) is 21.1. The van der Waals surface area contributed by atoms with E-state index in [1.807, 2.05) is 60.7 Å². The monoisotopic (exact) mass is 827 g/mol. The molecule has 5 aliphatic heterocycles. The molecule has 1 aromatic heterocycles. The smallest absolute Gasteiger partial charge is 0.262 e. The first kappa shape index (κ1) is 40.0. The second-order valence-corrected chi connectivity index (χ2v) is 16.6. The van der Waals surface area contributed by atoms with Crippen molar-refractivity contribution >= 4 is 52.6 Å². The minimum atomic E-state index is -0.986. The van der Waals surface area contributed by atoms with E-state index in [-0.39, 0.29) is 41.8 Å². The Morgan fingerprint density at radius 3 is 2.41 bits per heavy atom. The number of amides is 6. The number of methoxy groups -OCH3 is 1. The van der Waals surface area contributed by atoms with E-state index in [0.717, 1.165) is 91.5 Å². The molecule has 61 heavy (non-hydrogen) atoms. The predicted molar refractivity (Wildman–Crippen MR) is 225 cm³/mol. The topological polar surface area (TPSA) is 189 Å². The molecule has 5 aliphatic rings. The minimum absolute atomic E-state index is 0.0828. The maximum Gasteiger partial charge on any atom is 0.262 e. The van der Waals surface area contributed by atoms with Gasteiger partial charge < -0.3 is 30.1 Å². The van der Waals surface area contributed by atoms with Gasteiger partial charge in [0.05, 0.1) is 29.9 Å². The summed E-state index contributed by atoms with van der Waals surface area (Å²) in [6, 6.07) is 21.4. The molecule has 4 aromatic rings. The number of rotatable bonds is 11. The molecule has 1 unspecified atom stereocenters. The van der Waals surface area contributed by atoms with E-state index in [9.17, 15) is 28.8 Å². The van der Waals surface area contributed by atoms with Gasteiger partial charge in [-0.15, -0.1) is 0 Å². The molecule has 3 saturated heterocycles. The summed E-state index contributed by atoms with van der Waals surface area (Å²) in [7, 11) is 1.53. The van der Waals surface area contributed by atoms with Crippen LogP contribution in [0.4, 0.5) is 17.2 Å². The van der Waals surface area contributed by atoms with Gasteiger partial charge in [0, 0.05) is 68.3 Å². The largest absolute Gasteiger partial charge is 0.381 e. The second kappa shape index (κ2) is 16.9. The maximum absolute atomic E-state index is 13.4. The number of carbonyl (C=O) groups excluding carboxylic acids is 6. The molecule has 3 atom stereocenters. The summed E-state index contributed by atoms with van der Waals surface area (Å²) in [5, 5.41) is 16.1. The van der Waals surface area contributed by atoms with Crippen molar-refractivity contribution in [3.8, 4) is 0 Å². The Balaban J connectivity index is 0.735. The van der Waals surface area contributed by atoms with Crippen LogP contribution in [-0.4, -0.2) is 112 Å². The fourth-order valence-corrected chi connectivity index (χ4v) is 9.45. The highest BCUT2D eigenvalue weighted by molar-refractivity contribution is 6.23. The molecule has 0 aliphatic carbocycles. The summed E-state index contributed by atoms with van der Waals surface area (Å²) < 4.78 is 5.56. The Morgan fingerprint density at radius 1 is 0.885 bits per heavy atom. The van der Waals surface area contributed by atoms with Crippen LogP contribution >= 0.6 is 0 Å². The number of anilines is 3. The van der Waals surface area contributed by atoms with Gasteiger partial charge in [-0.25, -0.2) is 0 Å². The quantitative estimate of drug-likeness (QED) is 0.160. The first-order valence-electron chi connectivity index (χ1n) is 21.1. The van der Waals surface area contributed by atoms with Crippen molar-refractivity contribution < 1.29 is 33.5 Å². The Morgan fingerprint density at radius 2 is 1.66 bits per heavy atom. The Bertz CT molecular complexity index is 2360. The lowest BCUT2D eigenvalue weighted by Gasteiger charge is -2.39. The molecule has 16 heteroatoms. The van der Waals surface area contributed by atoms with Crippen molar-refractivity contribution in [1.29, 1.82) is 0 Å². The number of ether oxygens (including phenoxy) is 1. The van der Waals surface area contributed by atoms with Crippen LogP contribution in [0.15, 0.2) is 72.8 Å². The van der Waals surface area contributed by atoms with Crippen molar-refractivity contribution in [1.82, 2.24) is 30.2 Å². The number of H-pyrrole nitrogens is 1. The van der Waals surface area contributed by atoms with Crippen molar-refractivity contribution in [3.63, 3.8) is 0 Å². The van der Waals surface area contributed by atoms with E-state index in [0.29, 0.717) is 30.4 Å². The Hall–Kier alpha value is -6.39. The molecule has 3 aromatic carbocycles. The van der Waals surface area contributed by atoms with Crippen molar-refractivity contribution in [2.45, 2.75) is 69.8 Å². The molecular formula is C45H49N9O7. The zero-order valence-electron chi connectivity index (χ0n) is 34.0. The van der Waals surface area contributed by atoms with Crippen LogP contribution in [0, 0.1) is 5.92 Å². The molecule has 6 amide bonds. The van der Waals surface area contributed by atoms with Crippen LogP contribution in [0.2, 0.25) is 0 Å². The molecule has 316 valence electrons. The molecular weight excluding hydrogens is 779 g/mol. The third-order valence-electron chi connectivity index (χ3n) is 12.7. The maximum atomic E-state index is 13.4. The number of fused-ring (bicyclic) bond motifs is 2. The number of aromatic nitrogens is 2. The Kier molecular flexibility index (Phi) is 11.1. The molecule has 16 nitrogen and oxygen atoms in total. The number of piperidine rings is 3. The normalized spacial score (nSPS) is 21.3. The summed E-state index contributed by atoms with van der Waals surface area (Å²) in [5.74, 6) is -1.47. The minimum Gasteiger partial charge on any atom is -0.381 e. The number of aromatic amines is 1. The molecule has 0 saturated carbocycles. The van der Waals surface area contributed by atoms with Crippen LogP contribution in [0.1, 0.15) is 92.5 Å². The second-order valence-electron chi connectivity index (χ2n) is 16.6. The van der Waals surface area contributed by atoms with E-state index in [1.165, 1.54) is 7.11 Å². The molecule has 4 N–H and O–H groups in total. The van der Waals surface area contributed by atoms with E-state index in [1.54, 1.807) is 17.0 Å². The molecule has 0 spiro atoms. The number of imide groups is 2. The Labute approximate surface area is 353 Å². The third kappa shape index (κ3) is 8.12. The van der Waals surface area contributed by atoms with Crippen LogP contribution in [-0.2, 0) is 32.2 Å². The van der Waals surface area contributed by atoms with Gasteiger partial charge in [-0.2, -0.15) is 5.10 Å². The number of hydrogen-bond donors (Lipinski definition) is 4. The lowest BCUT2D eigenvalue weighted by molar-refractivity contribution is -0.143. The highest BCUT2D eigenvalue weighted by atomic mass is 16.5. The highest BCUT2D eigenvalue weighted by Crippen LogP contribution is 2.33. The van der Waals surface area contributed by atoms with Crippen LogP contribution in [0.25, 0.3) is 0 Å². The van der Waals surface area contributed by atoms with Gasteiger partial charge in [-0.1, -0.05) is 30.3 Å². The zero-order chi connectivity index (χ0) is 42.2. The van der Waals surface area contributed by atoms with E-state index < -0.39 is 35.8 Å². The van der Waals surface area contributed by atoms with Gasteiger partial charge in [-0.05, 0) is 92.6 Å². The number of nitrogens with one attached hydrogen (secondary N) is 4. The molecule has 0 bridgehead atoms. The summed E-state index contributed by atoms with van der Waals surface area (Å²) in [4.78, 5) is 84.9. The van der Waals surface area contributed by atoms with Gasteiger partial charge in [0.2, 0.25) is 11.8 Å². The molecule has 3 fully saturated rings. The average Bonchev–Trinajstić information content (AvgIpc) is 3.94. The van der Waals surface area contributed by atoms with Gasteiger partial charge in [-0.3, -0.25) is 44.1 Å². The number of nitrogens with zero attached hydrogens (tertiary/aromatic N) is 5. The van der Waals surface area contributed by atoms with E-state index in [4.69, 9.17) is 4.74 Å². The summed E-state index contributed by atoms with van der Waals surface area (Å²) in [6.45, 7) is 5.42. The van der Waals surface area contributed by atoms with Gasteiger partial charge in [0.15, 0.2) is 11.9 Å². The fourth-order valence-electron chi connectivity index (χ4n) is 9.45. The number of likely N-dealkylation sites (tertiary alicyclic amines) is 1. The predicted octanol–water partition coefficient (Wildman–Crippen LogP) is 4.09. The summed E-state index contributed by atoms with van der Waals surface area (Å²) in [5.41, 5.74) is 5.27. The van der Waals surface area contributed by atoms with Gasteiger partial charge in [0.1, 0.15) is 6.04 Å². The third-order valence-corrected chi connectivity index (χ3v) is 12.7. The molecule has 9 rings (SSSR count). The number of benzene rings is 3. The van der Waals surface area contributed by atoms with Crippen molar-refractivity contribution in [2.75, 3.05) is 55.4 Å². The fraction of sp³-hybridized carbons (Fsp3) is 0.400. The van der Waals surface area contributed by atoms with Crippen molar-refractivity contribution in [2.24, 2.45) is 5.92 Å². The van der Waals surface area contributed by atoms with Gasteiger partial charge in [0.25, 0.3) is 23.6 Å². The summed E-state index contributed by atoms with van der Waals surface area (Å²) >= 11 is 0. The zero-order valence-corrected chi connectivity index (χ0v) is 34.0. The van der Waals surface area contributed by atoms with Gasteiger partial charge >= 0.3 is 0 Å². The average molecular weight is 828 g/mol. The highest BCUT2D eigenvalue weighted by Gasteiger charge is 2.45. The van der Waals surface area contributed by atoms with Crippen LogP contribution in [0.5, 0.6) is 0 Å². The molecule has 6 heterocycles. The van der Waals surface area contributed by atoms with Crippen LogP contribution in [0.3, 0.4) is 0 Å². The molecule has 0 radical (unpaired) electrons. The lowest BCUT2D eigenvalue weighted by Crippen LogP contribution is -2.54. The summed E-state index contributed by atoms with van der Waals surface area (Å²) in [6.07, 6.45) is 3.64. The lowest BCUT2D eigenvalue weighted by atomic mass is 9.94. The first-order chi connectivity index (χ1) is 29.6. The SMILES string of the molecule is CO[C@@H](C(=O)N1Cc2[nH]nc(NC(=O)c3ccc(N4CCC(CN5CCC[C@@H](Nc6ccc7c(c6)C(=O)N(C6CCC(=O)NC6=O)C7=O)C5)CC4)cc3)c2C1)c1ccccc1. The van der Waals surface area contributed by atoms with E-state index in [2.05, 4.69) is 35.9 Å². The van der Waals surface area contributed by atoms with Crippen LogP contribution < -0.4 is 20.9 Å². The van der Waals surface area contributed by atoms with Crippen molar-refractivity contribution in [3.05, 3.63) is 106 Å². The van der Waals surface area contributed by atoms with E-state index >= 15 is 0 Å². The standard InChI is InChI=1S/C45H49N9O7/c1-61-39(28-6-3-2-4-7-28)45(60)53-25-35-36(26-53)49-50-40(35)48-41(56)29-9-12-32(13-10-29)52-20-17-27(18-21-52)23-51-19-5-8-31(24-51)46-30-11-14-33-34(22-30)44(59)54(43(33)58)37-15-16-38(55)47-42(37)57/h2-4,6-7,9-14,22,27,31,37,39,46H,5,8,15-21,23-26H2,1H3,(H,47,55,57)(H2,48,49,50,56)/t31-,37?,39-/m1/s1. The number of hydrogen-bond acceptors (Lipinski definition) is 11. The number of carbonyl (C=O) groups is 6.